The summed E-state index contributed by atoms with van der Waals surface area (Å²) in [5.74, 6) is 5.99. The van der Waals surface area contributed by atoms with Gasteiger partial charge in [-0.3, -0.25) is 15.7 Å². The number of aryl methyl sites for hydroxylation is 1. The zero-order valence-corrected chi connectivity index (χ0v) is 15.3. The number of fused-ring (bicyclic) bond motifs is 1. The summed E-state index contributed by atoms with van der Waals surface area (Å²) in [5.41, 5.74) is 5.48. The van der Waals surface area contributed by atoms with E-state index in [1.807, 2.05) is 17.3 Å². The molecule has 2 heterocycles. The lowest BCUT2D eigenvalue weighted by Gasteiger charge is -2.40. The Balaban J connectivity index is 1.80. The first kappa shape index (κ1) is 17.0. The molecule has 2 N–H and O–H groups in total. The predicted molar refractivity (Wildman–Crippen MR) is 102 cm³/mol. The summed E-state index contributed by atoms with van der Waals surface area (Å²) in [6.07, 6.45) is 12.7. The Kier molecular flexibility index (Phi) is 5.04. The van der Waals surface area contributed by atoms with Crippen LogP contribution in [0.15, 0.2) is 52.7 Å². The van der Waals surface area contributed by atoms with Crippen LogP contribution in [0.3, 0.4) is 0 Å². The van der Waals surface area contributed by atoms with Crippen LogP contribution in [0.2, 0.25) is 0 Å². The fourth-order valence-corrected chi connectivity index (χ4v) is 4.28. The maximum Gasteiger partial charge on any atom is 0.0779 e. The van der Waals surface area contributed by atoms with Crippen LogP contribution in [-0.4, -0.2) is 41.1 Å². The van der Waals surface area contributed by atoms with E-state index in [2.05, 4.69) is 29.2 Å². The van der Waals surface area contributed by atoms with Gasteiger partial charge in [0.05, 0.1) is 11.7 Å². The van der Waals surface area contributed by atoms with Crippen LogP contribution >= 0.6 is 11.6 Å². The number of hydrazine groups is 1. The standard InChI is InChI=1S/C20H25ClN4/c21-17-7-6-15-3-1-4-16-5-2-10-23-19(16)20(18(15)9-8-17)24-11-13-25(22)14-12-24/h2,5,7-10,20H,1,3-4,6,11-14,22H2. The summed E-state index contributed by atoms with van der Waals surface area (Å²) in [6.45, 7) is 3.71. The quantitative estimate of drug-likeness (QED) is 0.784. The second-order valence-corrected chi connectivity index (χ2v) is 7.50. The minimum atomic E-state index is 0.201. The van der Waals surface area contributed by atoms with Gasteiger partial charge >= 0.3 is 0 Å². The number of rotatable bonds is 1. The minimum Gasteiger partial charge on any atom is -0.288 e. The Morgan fingerprint density at radius 1 is 1.12 bits per heavy atom. The van der Waals surface area contributed by atoms with Crippen LogP contribution in [0.25, 0.3) is 0 Å². The molecule has 0 saturated carbocycles. The van der Waals surface area contributed by atoms with E-state index < -0.39 is 0 Å². The largest absolute Gasteiger partial charge is 0.288 e. The highest BCUT2D eigenvalue weighted by Crippen LogP contribution is 2.39. The third-order valence-corrected chi connectivity index (χ3v) is 5.77. The molecule has 132 valence electrons. The lowest BCUT2D eigenvalue weighted by atomic mass is 9.86. The molecule has 2 aliphatic carbocycles. The Hall–Kier alpha value is -1.46. The van der Waals surface area contributed by atoms with Crippen LogP contribution < -0.4 is 5.84 Å². The van der Waals surface area contributed by atoms with Crippen molar-refractivity contribution in [2.24, 2.45) is 5.84 Å². The minimum absolute atomic E-state index is 0.201. The lowest BCUT2D eigenvalue weighted by Crippen LogP contribution is -2.50. The Labute approximate surface area is 154 Å². The molecule has 3 aliphatic rings. The van der Waals surface area contributed by atoms with Gasteiger partial charge in [-0.2, -0.15) is 0 Å². The number of halogens is 1. The average molecular weight is 357 g/mol. The van der Waals surface area contributed by atoms with Crippen LogP contribution in [-0.2, 0) is 6.42 Å². The van der Waals surface area contributed by atoms with Crippen molar-refractivity contribution in [2.75, 3.05) is 26.2 Å². The second kappa shape index (κ2) is 7.42. The molecule has 0 spiro atoms. The van der Waals surface area contributed by atoms with Crippen molar-refractivity contribution < 1.29 is 0 Å². The van der Waals surface area contributed by atoms with E-state index >= 15 is 0 Å². The zero-order chi connectivity index (χ0) is 17.2. The molecule has 0 amide bonds. The van der Waals surface area contributed by atoms with Gasteiger partial charge in [0.25, 0.3) is 0 Å². The molecule has 4 rings (SSSR count). The molecule has 4 nitrogen and oxygen atoms in total. The summed E-state index contributed by atoms with van der Waals surface area (Å²) in [4.78, 5) is 7.37. The van der Waals surface area contributed by atoms with Crippen molar-refractivity contribution in [1.29, 1.82) is 0 Å². The van der Waals surface area contributed by atoms with Crippen molar-refractivity contribution >= 4 is 11.6 Å². The van der Waals surface area contributed by atoms with Crippen molar-refractivity contribution in [3.05, 3.63) is 64.0 Å². The molecule has 0 bridgehead atoms. The SMILES string of the molecule is NN1CCN(C2C3=C(CC=C(Cl)C=C3)CCCc3cccnc32)CC1. The van der Waals surface area contributed by atoms with Gasteiger partial charge in [0, 0.05) is 37.4 Å². The third kappa shape index (κ3) is 3.58. The van der Waals surface area contributed by atoms with Gasteiger partial charge in [-0.05, 0) is 49.0 Å². The summed E-state index contributed by atoms with van der Waals surface area (Å²) < 4.78 is 0. The molecule has 1 atom stereocenters. The van der Waals surface area contributed by atoms with Gasteiger partial charge in [0.15, 0.2) is 0 Å². The molecule has 1 aromatic heterocycles. The fourth-order valence-electron chi connectivity index (χ4n) is 4.14. The highest BCUT2D eigenvalue weighted by molar-refractivity contribution is 6.31. The Morgan fingerprint density at radius 3 is 2.80 bits per heavy atom. The average Bonchev–Trinajstić information content (AvgIpc) is 2.79. The number of hydrogen-bond acceptors (Lipinski definition) is 4. The predicted octanol–water partition coefficient (Wildman–Crippen LogP) is 3.33. The first-order valence-electron chi connectivity index (χ1n) is 9.15. The second-order valence-electron chi connectivity index (χ2n) is 7.06. The Bertz CT molecular complexity index is 729. The molecule has 1 aromatic rings. The lowest BCUT2D eigenvalue weighted by molar-refractivity contribution is 0.107. The smallest absolute Gasteiger partial charge is 0.0779 e. The van der Waals surface area contributed by atoms with Crippen molar-refractivity contribution in [3.63, 3.8) is 0 Å². The van der Waals surface area contributed by atoms with E-state index in [0.29, 0.717) is 0 Å². The van der Waals surface area contributed by atoms with E-state index in [9.17, 15) is 0 Å². The molecular weight excluding hydrogens is 332 g/mol. The van der Waals surface area contributed by atoms with Crippen LogP contribution in [0.1, 0.15) is 36.6 Å². The number of hydrogen-bond donors (Lipinski definition) is 1. The van der Waals surface area contributed by atoms with E-state index in [1.54, 1.807) is 0 Å². The summed E-state index contributed by atoms with van der Waals surface area (Å²) in [7, 11) is 0. The number of aromatic nitrogens is 1. The third-order valence-electron chi connectivity index (χ3n) is 5.49. The van der Waals surface area contributed by atoms with Gasteiger partial charge in [0.2, 0.25) is 0 Å². The van der Waals surface area contributed by atoms with Crippen molar-refractivity contribution in [3.8, 4) is 0 Å². The van der Waals surface area contributed by atoms with E-state index in [-0.39, 0.29) is 6.04 Å². The molecule has 1 saturated heterocycles. The molecular formula is C20H25ClN4. The molecule has 0 aromatic carbocycles. The van der Waals surface area contributed by atoms with Crippen molar-refractivity contribution in [1.82, 2.24) is 14.9 Å². The number of piperazine rings is 1. The van der Waals surface area contributed by atoms with E-state index in [4.69, 9.17) is 22.4 Å². The maximum atomic E-state index is 6.32. The van der Waals surface area contributed by atoms with Gasteiger partial charge in [0.1, 0.15) is 0 Å². The fraction of sp³-hybridized carbons (Fsp3) is 0.450. The van der Waals surface area contributed by atoms with Crippen LogP contribution in [0, 0.1) is 0 Å². The van der Waals surface area contributed by atoms with E-state index in [0.717, 1.165) is 50.5 Å². The molecule has 0 radical (unpaired) electrons. The van der Waals surface area contributed by atoms with Crippen LogP contribution in [0.4, 0.5) is 0 Å². The molecule has 5 heteroatoms. The first-order valence-corrected chi connectivity index (χ1v) is 9.53. The summed E-state index contributed by atoms with van der Waals surface area (Å²) in [5, 5.41) is 2.74. The molecule has 1 aliphatic heterocycles. The molecule has 25 heavy (non-hydrogen) atoms. The van der Waals surface area contributed by atoms with Crippen LogP contribution in [0.5, 0.6) is 0 Å². The first-order chi connectivity index (χ1) is 12.2. The highest BCUT2D eigenvalue weighted by atomic mass is 35.5. The summed E-state index contributed by atoms with van der Waals surface area (Å²) in [6, 6.07) is 4.50. The van der Waals surface area contributed by atoms with Gasteiger partial charge in [-0.1, -0.05) is 35.4 Å². The normalized spacial score (nSPS) is 25.5. The monoisotopic (exact) mass is 356 g/mol. The highest BCUT2D eigenvalue weighted by Gasteiger charge is 2.31. The summed E-state index contributed by atoms with van der Waals surface area (Å²) >= 11 is 6.32. The zero-order valence-electron chi connectivity index (χ0n) is 14.5. The molecule has 1 fully saturated rings. The number of nitrogens with zero attached hydrogens (tertiary/aromatic N) is 3. The maximum absolute atomic E-state index is 6.32. The van der Waals surface area contributed by atoms with Gasteiger partial charge in [-0.15, -0.1) is 0 Å². The Morgan fingerprint density at radius 2 is 1.96 bits per heavy atom. The van der Waals surface area contributed by atoms with E-state index in [1.165, 1.54) is 28.8 Å². The number of nitrogens with two attached hydrogens (primary N) is 1. The van der Waals surface area contributed by atoms with Crippen molar-refractivity contribution in [2.45, 2.75) is 31.7 Å². The number of allylic oxidation sites excluding steroid dienone is 4. The van der Waals surface area contributed by atoms with Gasteiger partial charge < -0.3 is 0 Å². The van der Waals surface area contributed by atoms with Gasteiger partial charge in [-0.25, -0.2) is 5.01 Å². The topological polar surface area (TPSA) is 45.4 Å². The number of pyridine rings is 1. The molecule has 1 unspecified atom stereocenters.